The van der Waals surface area contributed by atoms with Crippen LogP contribution in [-0.2, 0) is 14.3 Å². The maximum atomic E-state index is 11.7. The molecule has 1 aliphatic carbocycles. The van der Waals surface area contributed by atoms with E-state index in [1.807, 2.05) is 0 Å². The average molecular weight is 332 g/mol. The van der Waals surface area contributed by atoms with Gasteiger partial charge in [-0.15, -0.1) is 0 Å². The first-order valence-corrected chi connectivity index (χ1v) is 7.93. The Morgan fingerprint density at radius 3 is 2.75 bits per heavy atom. The molecule has 1 aromatic carbocycles. The van der Waals surface area contributed by atoms with E-state index in [-0.39, 0.29) is 24.2 Å². The molecule has 7 heteroatoms. The van der Waals surface area contributed by atoms with E-state index < -0.39 is 10.9 Å². The zero-order chi connectivity index (χ0) is 17.4. The van der Waals surface area contributed by atoms with Crippen molar-refractivity contribution in [3.63, 3.8) is 0 Å². The van der Waals surface area contributed by atoms with Gasteiger partial charge < -0.3 is 10.1 Å². The lowest BCUT2D eigenvalue weighted by molar-refractivity contribution is -0.384. The first-order chi connectivity index (χ1) is 11.5. The SMILES string of the molecule is O=C(COC(=O)/C=C/c1cccc([N+](=O)[O-])c1)NC1CCCCC1. The maximum Gasteiger partial charge on any atom is 0.331 e. The van der Waals surface area contributed by atoms with Crippen LogP contribution in [0.2, 0.25) is 0 Å². The smallest absolute Gasteiger partial charge is 0.331 e. The molecule has 0 aromatic heterocycles. The molecule has 2 rings (SSSR count). The predicted octanol–water partition coefficient (Wildman–Crippen LogP) is 2.60. The van der Waals surface area contributed by atoms with Gasteiger partial charge in [0.15, 0.2) is 6.61 Å². The van der Waals surface area contributed by atoms with E-state index >= 15 is 0 Å². The fraction of sp³-hybridized carbons (Fsp3) is 0.412. The lowest BCUT2D eigenvalue weighted by atomic mass is 9.95. The van der Waals surface area contributed by atoms with Gasteiger partial charge in [-0.25, -0.2) is 4.79 Å². The van der Waals surface area contributed by atoms with Crippen LogP contribution in [0.25, 0.3) is 6.08 Å². The van der Waals surface area contributed by atoms with Gasteiger partial charge in [0.2, 0.25) is 0 Å². The van der Waals surface area contributed by atoms with Crippen molar-refractivity contribution in [3.05, 3.63) is 46.0 Å². The maximum absolute atomic E-state index is 11.7. The third-order valence-corrected chi connectivity index (χ3v) is 3.81. The highest BCUT2D eigenvalue weighted by molar-refractivity contribution is 5.89. The van der Waals surface area contributed by atoms with Crippen LogP contribution >= 0.6 is 0 Å². The minimum Gasteiger partial charge on any atom is -0.452 e. The molecule has 1 saturated carbocycles. The third kappa shape index (κ3) is 5.83. The highest BCUT2D eigenvalue weighted by Gasteiger charge is 2.16. The summed E-state index contributed by atoms with van der Waals surface area (Å²) < 4.78 is 4.87. The van der Waals surface area contributed by atoms with E-state index in [2.05, 4.69) is 5.32 Å². The lowest BCUT2D eigenvalue weighted by Gasteiger charge is -2.22. The Kier molecular flexibility index (Phi) is 6.48. The summed E-state index contributed by atoms with van der Waals surface area (Å²) in [6.07, 6.45) is 7.90. The number of amides is 1. The van der Waals surface area contributed by atoms with E-state index in [0.29, 0.717) is 5.56 Å². The number of esters is 1. The summed E-state index contributed by atoms with van der Waals surface area (Å²) in [6.45, 7) is -0.325. The van der Waals surface area contributed by atoms with Gasteiger partial charge in [0.25, 0.3) is 11.6 Å². The van der Waals surface area contributed by atoms with Crippen LogP contribution in [0.15, 0.2) is 30.3 Å². The van der Waals surface area contributed by atoms with Gasteiger partial charge in [-0.2, -0.15) is 0 Å². The van der Waals surface area contributed by atoms with Crippen molar-refractivity contribution < 1.29 is 19.2 Å². The lowest BCUT2D eigenvalue weighted by Crippen LogP contribution is -2.38. The average Bonchev–Trinajstić information content (AvgIpc) is 2.59. The summed E-state index contributed by atoms with van der Waals surface area (Å²) in [5, 5.41) is 13.5. The van der Waals surface area contributed by atoms with E-state index in [1.54, 1.807) is 6.07 Å². The van der Waals surface area contributed by atoms with Gasteiger partial charge in [0, 0.05) is 24.3 Å². The van der Waals surface area contributed by atoms with Crippen LogP contribution in [0, 0.1) is 10.1 Å². The van der Waals surface area contributed by atoms with Gasteiger partial charge in [-0.1, -0.05) is 31.4 Å². The van der Waals surface area contributed by atoms with Crippen LogP contribution in [0.4, 0.5) is 5.69 Å². The Morgan fingerprint density at radius 1 is 1.29 bits per heavy atom. The molecule has 0 atom stereocenters. The quantitative estimate of drug-likeness (QED) is 0.374. The van der Waals surface area contributed by atoms with E-state index in [0.717, 1.165) is 31.8 Å². The van der Waals surface area contributed by atoms with Crippen LogP contribution in [-0.4, -0.2) is 29.4 Å². The standard InChI is InChI=1S/C17H20N2O5/c20-16(18-14-6-2-1-3-7-14)12-24-17(21)10-9-13-5-4-8-15(11-13)19(22)23/h4-5,8-11,14H,1-3,6-7,12H2,(H,18,20)/b10-9+. The predicted molar refractivity (Wildman–Crippen MR) is 88.1 cm³/mol. The first-order valence-electron chi connectivity index (χ1n) is 7.93. The van der Waals surface area contributed by atoms with Gasteiger partial charge in [0.05, 0.1) is 4.92 Å². The number of hydrogen-bond acceptors (Lipinski definition) is 5. The summed E-state index contributed by atoms with van der Waals surface area (Å²) in [6, 6.07) is 6.04. The highest BCUT2D eigenvalue weighted by Crippen LogP contribution is 2.17. The number of carbonyl (C=O) groups excluding carboxylic acids is 2. The number of hydrogen-bond donors (Lipinski definition) is 1. The Morgan fingerprint density at radius 2 is 2.04 bits per heavy atom. The number of rotatable bonds is 6. The Balaban J connectivity index is 1.77. The number of nitro benzene ring substituents is 1. The summed E-state index contributed by atoms with van der Waals surface area (Å²) in [5.74, 6) is -0.973. The normalized spacial score (nSPS) is 15.2. The number of carbonyl (C=O) groups is 2. The van der Waals surface area contributed by atoms with Crippen LogP contribution < -0.4 is 5.32 Å². The third-order valence-electron chi connectivity index (χ3n) is 3.81. The molecule has 0 saturated heterocycles. The zero-order valence-electron chi connectivity index (χ0n) is 13.3. The van der Waals surface area contributed by atoms with Crippen molar-refractivity contribution >= 4 is 23.6 Å². The van der Waals surface area contributed by atoms with Crippen molar-refractivity contribution in [2.24, 2.45) is 0 Å². The van der Waals surface area contributed by atoms with Gasteiger partial charge in [-0.3, -0.25) is 14.9 Å². The number of non-ortho nitro benzene ring substituents is 1. The van der Waals surface area contributed by atoms with Gasteiger partial charge in [0.1, 0.15) is 0 Å². The summed E-state index contributed by atoms with van der Waals surface area (Å²) in [4.78, 5) is 33.5. The molecule has 0 spiro atoms. The van der Waals surface area contributed by atoms with Crippen LogP contribution in [0.1, 0.15) is 37.7 Å². The van der Waals surface area contributed by atoms with Crippen molar-refractivity contribution in [2.45, 2.75) is 38.1 Å². The number of nitro groups is 1. The molecule has 1 N–H and O–H groups in total. The molecular formula is C17H20N2O5. The van der Waals surface area contributed by atoms with E-state index in [9.17, 15) is 19.7 Å². The zero-order valence-corrected chi connectivity index (χ0v) is 13.3. The van der Waals surface area contributed by atoms with Crippen molar-refractivity contribution in [2.75, 3.05) is 6.61 Å². The Hall–Kier alpha value is -2.70. The minimum absolute atomic E-state index is 0.0580. The second kappa shape index (κ2) is 8.81. The highest BCUT2D eigenvalue weighted by atomic mass is 16.6. The van der Waals surface area contributed by atoms with Crippen molar-refractivity contribution in [1.29, 1.82) is 0 Å². The summed E-state index contributed by atoms with van der Waals surface area (Å²) >= 11 is 0. The molecule has 7 nitrogen and oxygen atoms in total. The minimum atomic E-state index is -0.666. The number of nitrogens with zero attached hydrogens (tertiary/aromatic N) is 1. The molecule has 0 bridgehead atoms. The molecule has 0 unspecified atom stereocenters. The molecular weight excluding hydrogens is 312 g/mol. The van der Waals surface area contributed by atoms with Crippen molar-refractivity contribution in [3.8, 4) is 0 Å². The summed E-state index contributed by atoms with van der Waals surface area (Å²) in [5.41, 5.74) is 0.449. The Bertz CT molecular complexity index is 636. The molecule has 24 heavy (non-hydrogen) atoms. The second-order valence-electron chi connectivity index (χ2n) is 5.70. The monoisotopic (exact) mass is 332 g/mol. The topological polar surface area (TPSA) is 98.5 Å². The summed E-state index contributed by atoms with van der Waals surface area (Å²) in [7, 11) is 0. The molecule has 1 fully saturated rings. The molecule has 1 amide bonds. The fourth-order valence-electron chi connectivity index (χ4n) is 2.61. The molecule has 128 valence electrons. The Labute approximate surface area is 139 Å². The number of nitrogens with one attached hydrogen (secondary N) is 1. The second-order valence-corrected chi connectivity index (χ2v) is 5.70. The van der Waals surface area contributed by atoms with Gasteiger partial charge >= 0.3 is 5.97 Å². The first kappa shape index (κ1) is 17.7. The van der Waals surface area contributed by atoms with Crippen LogP contribution in [0.5, 0.6) is 0 Å². The molecule has 1 aromatic rings. The molecule has 1 aliphatic rings. The number of ether oxygens (including phenoxy) is 1. The number of benzene rings is 1. The van der Waals surface area contributed by atoms with E-state index in [4.69, 9.17) is 4.74 Å². The van der Waals surface area contributed by atoms with E-state index in [1.165, 1.54) is 30.7 Å². The molecule has 0 heterocycles. The van der Waals surface area contributed by atoms with Crippen LogP contribution in [0.3, 0.4) is 0 Å². The molecule has 0 aliphatic heterocycles. The largest absolute Gasteiger partial charge is 0.452 e. The van der Waals surface area contributed by atoms with Crippen molar-refractivity contribution in [1.82, 2.24) is 5.32 Å². The molecule has 0 radical (unpaired) electrons. The van der Waals surface area contributed by atoms with Gasteiger partial charge in [-0.05, 0) is 24.5 Å². The fourth-order valence-corrected chi connectivity index (χ4v) is 2.61.